The Morgan fingerprint density at radius 3 is 2.75 bits per heavy atom. The van der Waals surface area contributed by atoms with Crippen molar-refractivity contribution in [1.82, 2.24) is 35.1 Å². The molecule has 0 spiro atoms. The Balaban J connectivity index is 1.28. The molecule has 10 heteroatoms. The molecule has 1 amide bonds. The molecule has 1 fully saturated rings. The third-order valence-corrected chi connectivity index (χ3v) is 6.22. The van der Waals surface area contributed by atoms with E-state index in [2.05, 4.69) is 43.3 Å². The summed E-state index contributed by atoms with van der Waals surface area (Å²) in [6, 6.07) is 2.21. The lowest BCUT2D eigenvalue weighted by atomic mass is 10.2. The van der Waals surface area contributed by atoms with Gasteiger partial charge in [-0.05, 0) is 30.5 Å². The van der Waals surface area contributed by atoms with Crippen molar-refractivity contribution < 1.29 is 4.79 Å². The number of nitrogens with zero attached hydrogens (tertiary/aromatic N) is 8. The summed E-state index contributed by atoms with van der Waals surface area (Å²) in [6.45, 7) is 5.94. The Morgan fingerprint density at radius 1 is 1.14 bits per heavy atom. The summed E-state index contributed by atoms with van der Waals surface area (Å²) >= 11 is 1.73. The van der Waals surface area contributed by atoms with Gasteiger partial charge in [0.25, 0.3) is 0 Å². The van der Waals surface area contributed by atoms with Crippen molar-refractivity contribution >= 4 is 33.3 Å². The number of anilines is 1. The van der Waals surface area contributed by atoms with Gasteiger partial charge in [-0.2, -0.15) is 4.80 Å². The number of hydrogen-bond donors (Lipinski definition) is 0. The smallest absolute Gasteiger partial charge is 0.222 e. The van der Waals surface area contributed by atoms with Gasteiger partial charge in [-0.25, -0.2) is 9.97 Å². The number of aryl methyl sites for hydroxylation is 2. The molecule has 3 aromatic heterocycles. The zero-order valence-electron chi connectivity index (χ0n) is 16.0. The van der Waals surface area contributed by atoms with Gasteiger partial charge in [0, 0.05) is 37.5 Å². The normalized spacial score (nSPS) is 14.8. The summed E-state index contributed by atoms with van der Waals surface area (Å²) in [5.41, 5.74) is 0. The van der Waals surface area contributed by atoms with E-state index in [1.165, 1.54) is 11.2 Å². The largest absolute Gasteiger partial charge is 0.352 e. The third-order valence-electron chi connectivity index (χ3n) is 5.03. The lowest BCUT2D eigenvalue weighted by Gasteiger charge is -2.35. The summed E-state index contributed by atoms with van der Waals surface area (Å²) in [6.07, 6.45) is 6.36. The van der Waals surface area contributed by atoms with Crippen molar-refractivity contribution in [3.8, 4) is 0 Å². The van der Waals surface area contributed by atoms with Crippen molar-refractivity contribution in [2.75, 3.05) is 31.1 Å². The highest BCUT2D eigenvalue weighted by atomic mass is 32.1. The monoisotopic (exact) mass is 400 g/mol. The van der Waals surface area contributed by atoms with E-state index in [1.807, 2.05) is 4.90 Å². The first-order chi connectivity index (χ1) is 13.7. The van der Waals surface area contributed by atoms with Gasteiger partial charge in [0.2, 0.25) is 5.91 Å². The van der Waals surface area contributed by atoms with Crippen LogP contribution in [0.5, 0.6) is 0 Å². The molecular weight excluding hydrogens is 376 g/mol. The molecule has 0 saturated carbocycles. The molecule has 1 aliphatic rings. The summed E-state index contributed by atoms with van der Waals surface area (Å²) in [5, 5.41) is 12.6. The molecular formula is C18H24N8OS. The molecule has 3 aromatic rings. The highest BCUT2D eigenvalue weighted by Gasteiger charge is 2.23. The fourth-order valence-corrected chi connectivity index (χ4v) is 4.39. The molecule has 1 saturated heterocycles. The maximum absolute atomic E-state index is 12.5. The molecule has 0 aromatic carbocycles. The van der Waals surface area contributed by atoms with Crippen LogP contribution in [0.25, 0.3) is 10.2 Å². The predicted octanol–water partition coefficient (Wildman–Crippen LogP) is 1.76. The van der Waals surface area contributed by atoms with Crippen molar-refractivity contribution in [3.05, 3.63) is 23.6 Å². The number of rotatable bonds is 7. The number of aromatic nitrogens is 6. The second-order valence-corrected chi connectivity index (χ2v) is 7.95. The number of fused-ring (bicyclic) bond motifs is 1. The first-order valence-corrected chi connectivity index (χ1v) is 10.5. The minimum Gasteiger partial charge on any atom is -0.352 e. The zero-order chi connectivity index (χ0) is 19.3. The van der Waals surface area contributed by atoms with Crippen LogP contribution in [0.4, 0.5) is 5.82 Å². The zero-order valence-corrected chi connectivity index (χ0v) is 16.8. The Hall–Kier alpha value is -2.62. The van der Waals surface area contributed by atoms with Crippen LogP contribution in [0.1, 0.15) is 31.1 Å². The molecule has 0 unspecified atom stereocenters. The number of piperazine rings is 1. The summed E-state index contributed by atoms with van der Waals surface area (Å²) in [4.78, 5) is 29.6. The highest BCUT2D eigenvalue weighted by molar-refractivity contribution is 7.18. The molecule has 0 aliphatic carbocycles. The number of hydrogen-bond acceptors (Lipinski definition) is 8. The molecule has 148 valence electrons. The number of thiophene rings is 1. The average molecular weight is 401 g/mol. The van der Waals surface area contributed by atoms with Crippen LogP contribution in [0.3, 0.4) is 0 Å². The van der Waals surface area contributed by atoms with Crippen LogP contribution in [-0.2, 0) is 17.8 Å². The molecule has 0 N–H and O–H groups in total. The Labute approximate surface area is 167 Å². The topological polar surface area (TPSA) is 92.9 Å². The van der Waals surface area contributed by atoms with Crippen molar-refractivity contribution in [2.24, 2.45) is 0 Å². The SMILES string of the molecule is CCc1cc2c(N3CCN(C(=O)CCCCn4ncnn4)CC3)ncnc2s1. The second-order valence-electron chi connectivity index (χ2n) is 6.84. The van der Waals surface area contributed by atoms with Crippen LogP contribution < -0.4 is 4.90 Å². The van der Waals surface area contributed by atoms with Crippen LogP contribution >= 0.6 is 11.3 Å². The standard InChI is InChI=1S/C18H24N8OS/c1-2-14-11-15-17(19-12-20-18(15)28-14)25-9-7-24(8-10-25)16(27)5-3-4-6-26-22-13-21-23-26/h11-13H,2-10H2,1H3. The van der Waals surface area contributed by atoms with Crippen LogP contribution in [-0.4, -0.2) is 67.2 Å². The van der Waals surface area contributed by atoms with Crippen LogP contribution in [0, 0.1) is 0 Å². The van der Waals surface area contributed by atoms with Gasteiger partial charge in [0.05, 0.1) is 11.9 Å². The van der Waals surface area contributed by atoms with E-state index in [0.717, 1.165) is 61.5 Å². The molecule has 4 heterocycles. The van der Waals surface area contributed by atoms with E-state index in [-0.39, 0.29) is 5.91 Å². The fourth-order valence-electron chi connectivity index (χ4n) is 3.47. The average Bonchev–Trinajstić information content (AvgIpc) is 3.40. The highest BCUT2D eigenvalue weighted by Crippen LogP contribution is 2.30. The Bertz CT molecular complexity index is 917. The number of tetrazole rings is 1. The van der Waals surface area contributed by atoms with Gasteiger partial charge in [-0.1, -0.05) is 6.92 Å². The maximum atomic E-state index is 12.5. The van der Waals surface area contributed by atoms with Gasteiger partial charge < -0.3 is 9.80 Å². The maximum Gasteiger partial charge on any atom is 0.222 e. The summed E-state index contributed by atoms with van der Waals surface area (Å²) < 4.78 is 0. The first kappa shape index (κ1) is 18.7. The summed E-state index contributed by atoms with van der Waals surface area (Å²) in [7, 11) is 0. The molecule has 0 bridgehead atoms. The fraction of sp³-hybridized carbons (Fsp3) is 0.556. The Kier molecular flexibility index (Phi) is 5.75. The molecule has 28 heavy (non-hydrogen) atoms. The van der Waals surface area contributed by atoms with Crippen molar-refractivity contribution in [1.29, 1.82) is 0 Å². The minimum absolute atomic E-state index is 0.225. The van der Waals surface area contributed by atoms with Gasteiger partial charge in [0.15, 0.2) is 6.33 Å². The minimum atomic E-state index is 0.225. The Morgan fingerprint density at radius 2 is 2.00 bits per heavy atom. The lowest BCUT2D eigenvalue weighted by molar-refractivity contribution is -0.131. The molecule has 0 radical (unpaired) electrons. The van der Waals surface area contributed by atoms with E-state index in [4.69, 9.17) is 0 Å². The lowest BCUT2D eigenvalue weighted by Crippen LogP contribution is -2.49. The van der Waals surface area contributed by atoms with E-state index in [1.54, 1.807) is 22.5 Å². The van der Waals surface area contributed by atoms with E-state index in [0.29, 0.717) is 13.0 Å². The van der Waals surface area contributed by atoms with Gasteiger partial charge >= 0.3 is 0 Å². The summed E-state index contributed by atoms with van der Waals surface area (Å²) in [5.74, 6) is 1.22. The quantitative estimate of drug-likeness (QED) is 0.558. The van der Waals surface area contributed by atoms with Gasteiger partial charge in [0.1, 0.15) is 17.0 Å². The number of amides is 1. The van der Waals surface area contributed by atoms with Crippen molar-refractivity contribution in [3.63, 3.8) is 0 Å². The van der Waals surface area contributed by atoms with Crippen LogP contribution in [0.15, 0.2) is 18.7 Å². The van der Waals surface area contributed by atoms with E-state index in [9.17, 15) is 4.79 Å². The van der Waals surface area contributed by atoms with Crippen molar-refractivity contribution in [2.45, 2.75) is 39.2 Å². The predicted molar refractivity (Wildman–Crippen MR) is 107 cm³/mol. The van der Waals surface area contributed by atoms with Gasteiger partial charge in [-0.3, -0.25) is 4.79 Å². The number of carbonyl (C=O) groups is 1. The molecule has 1 aliphatic heterocycles. The molecule has 0 atom stereocenters. The van der Waals surface area contributed by atoms with E-state index < -0.39 is 0 Å². The van der Waals surface area contributed by atoms with Gasteiger partial charge in [-0.15, -0.1) is 21.5 Å². The number of unbranched alkanes of at least 4 members (excludes halogenated alkanes) is 1. The molecule has 4 rings (SSSR count). The second kappa shape index (κ2) is 8.59. The van der Waals surface area contributed by atoms with Crippen LogP contribution in [0.2, 0.25) is 0 Å². The number of carbonyl (C=O) groups excluding carboxylic acids is 1. The molecule has 9 nitrogen and oxygen atoms in total. The third kappa shape index (κ3) is 4.11. The van der Waals surface area contributed by atoms with E-state index >= 15 is 0 Å². The first-order valence-electron chi connectivity index (χ1n) is 9.71.